The lowest BCUT2D eigenvalue weighted by molar-refractivity contribution is -0.166. The van der Waals surface area contributed by atoms with Crippen molar-refractivity contribution < 1.29 is 28.6 Å². The molecule has 0 heterocycles. The fraction of sp³-hybridized carbons (Fsp3) is 0.683. The van der Waals surface area contributed by atoms with Crippen LogP contribution < -0.4 is 0 Å². The molecule has 0 bridgehead atoms. The smallest absolute Gasteiger partial charge is 0.306 e. The quantitative estimate of drug-likeness (QED) is 0.0262. The van der Waals surface area contributed by atoms with E-state index in [9.17, 15) is 14.4 Å². The first-order chi connectivity index (χ1) is 32.5. The minimum Gasteiger partial charge on any atom is -0.462 e. The van der Waals surface area contributed by atoms with Crippen LogP contribution in [0.5, 0.6) is 0 Å². The van der Waals surface area contributed by atoms with Gasteiger partial charge in [0, 0.05) is 19.3 Å². The van der Waals surface area contributed by atoms with Crippen molar-refractivity contribution in [2.24, 2.45) is 0 Å². The summed E-state index contributed by atoms with van der Waals surface area (Å²) in [7, 11) is 0. The van der Waals surface area contributed by atoms with Gasteiger partial charge in [0.1, 0.15) is 13.2 Å². The lowest BCUT2D eigenvalue weighted by Crippen LogP contribution is -2.30. The molecule has 0 aliphatic rings. The van der Waals surface area contributed by atoms with Crippen LogP contribution in [0, 0.1) is 0 Å². The number of carbonyl (C=O) groups excluding carboxylic acids is 3. The van der Waals surface area contributed by atoms with E-state index in [-0.39, 0.29) is 38.0 Å². The van der Waals surface area contributed by atoms with E-state index in [1.165, 1.54) is 128 Å². The van der Waals surface area contributed by atoms with Crippen LogP contribution >= 0.6 is 0 Å². The van der Waals surface area contributed by atoms with Gasteiger partial charge >= 0.3 is 17.9 Å². The second kappa shape index (κ2) is 53.9. The Hall–Kier alpha value is -3.67. The van der Waals surface area contributed by atoms with Crippen molar-refractivity contribution in [3.8, 4) is 0 Å². The highest BCUT2D eigenvalue weighted by Crippen LogP contribution is 2.13. The van der Waals surface area contributed by atoms with E-state index in [0.717, 1.165) is 64.2 Å². The standard InChI is InChI=1S/C60H100O6/c1-4-7-10-13-16-19-22-25-27-29-30-31-33-35-38-41-44-47-50-53-59(62)65-56-57(55-64-58(61)52-49-46-43-40-37-34-24-21-18-15-12-9-6-3)66-60(63)54-51-48-45-42-39-36-32-28-26-23-20-17-14-11-8-5-2/h8,11,17,20,26,28-30,34,36-37,39,43,45-46,48,57H,4-7,9-10,12-16,18-19,21-25,27,31-33,35,38,40-42,44,47,49-56H2,1-3H3/b11-8-,20-17-,28-26-,30-29-,37-34-,39-36-,46-43-,48-45-. The Bertz CT molecular complexity index is 1330. The molecule has 66 heavy (non-hydrogen) atoms. The van der Waals surface area contributed by atoms with Crippen LogP contribution in [0.25, 0.3) is 0 Å². The van der Waals surface area contributed by atoms with Crippen LogP contribution in [0.2, 0.25) is 0 Å². The zero-order valence-electron chi connectivity index (χ0n) is 42.9. The number of hydrogen-bond donors (Lipinski definition) is 0. The van der Waals surface area contributed by atoms with Gasteiger partial charge < -0.3 is 14.2 Å². The third kappa shape index (κ3) is 51.3. The van der Waals surface area contributed by atoms with Crippen molar-refractivity contribution in [1.29, 1.82) is 0 Å². The summed E-state index contributed by atoms with van der Waals surface area (Å²) in [6.45, 7) is 6.40. The first-order valence-corrected chi connectivity index (χ1v) is 27.2. The van der Waals surface area contributed by atoms with Gasteiger partial charge in [0.15, 0.2) is 6.10 Å². The highest BCUT2D eigenvalue weighted by molar-refractivity contribution is 5.71. The monoisotopic (exact) mass is 917 g/mol. The first kappa shape index (κ1) is 62.3. The maximum atomic E-state index is 12.8. The molecule has 0 aromatic rings. The SMILES string of the molecule is CC/C=C\C/C=C\C/C=C\C/C=C\C/C=C\CCC(=O)OC(COC(=O)CC/C=C\C/C=C\CCCCCCCC)COC(=O)CCCCCCCCC/C=C\CCCCCCCCCC. The molecule has 376 valence electrons. The molecule has 0 N–H and O–H groups in total. The molecule has 0 saturated heterocycles. The van der Waals surface area contributed by atoms with Crippen LogP contribution in [0.15, 0.2) is 97.2 Å². The Morgan fingerprint density at radius 1 is 0.318 bits per heavy atom. The van der Waals surface area contributed by atoms with E-state index < -0.39 is 12.1 Å². The molecule has 1 atom stereocenters. The molecule has 0 aliphatic heterocycles. The Balaban J connectivity index is 4.52. The molecule has 0 aromatic heterocycles. The molecule has 0 saturated carbocycles. The predicted molar refractivity (Wildman–Crippen MR) is 284 cm³/mol. The number of hydrogen-bond acceptors (Lipinski definition) is 6. The van der Waals surface area contributed by atoms with E-state index in [4.69, 9.17) is 14.2 Å². The van der Waals surface area contributed by atoms with Crippen LogP contribution in [-0.4, -0.2) is 37.2 Å². The van der Waals surface area contributed by atoms with E-state index in [1.807, 2.05) is 18.2 Å². The Labute approximate surface area is 407 Å². The first-order valence-electron chi connectivity index (χ1n) is 27.2. The summed E-state index contributed by atoms with van der Waals surface area (Å²) in [5.41, 5.74) is 0. The zero-order chi connectivity index (χ0) is 47.9. The number of ether oxygens (including phenoxy) is 3. The zero-order valence-corrected chi connectivity index (χ0v) is 42.9. The molecule has 0 fully saturated rings. The van der Waals surface area contributed by atoms with Gasteiger partial charge in [-0.2, -0.15) is 0 Å². The molecular weight excluding hydrogens is 817 g/mol. The second-order valence-corrected chi connectivity index (χ2v) is 17.7. The van der Waals surface area contributed by atoms with Gasteiger partial charge in [-0.05, 0) is 96.3 Å². The third-order valence-corrected chi connectivity index (χ3v) is 11.3. The largest absolute Gasteiger partial charge is 0.462 e. The van der Waals surface area contributed by atoms with Crippen molar-refractivity contribution in [3.05, 3.63) is 97.2 Å². The van der Waals surface area contributed by atoms with Gasteiger partial charge in [-0.25, -0.2) is 0 Å². The van der Waals surface area contributed by atoms with Crippen molar-refractivity contribution in [3.63, 3.8) is 0 Å². The number of esters is 3. The normalized spacial score (nSPS) is 12.8. The molecule has 0 amide bonds. The molecular formula is C60H100O6. The van der Waals surface area contributed by atoms with E-state index >= 15 is 0 Å². The third-order valence-electron chi connectivity index (χ3n) is 11.3. The Kier molecular flexibility index (Phi) is 50.9. The molecule has 1 unspecified atom stereocenters. The maximum absolute atomic E-state index is 12.8. The summed E-state index contributed by atoms with van der Waals surface area (Å²) in [5.74, 6) is -1.09. The minimum absolute atomic E-state index is 0.127. The number of unbranched alkanes of at least 4 members (excludes halogenated alkanes) is 21. The lowest BCUT2D eigenvalue weighted by atomic mass is 10.1. The molecule has 6 heteroatoms. The molecule has 0 rings (SSSR count). The summed E-state index contributed by atoms with van der Waals surface area (Å²) in [4.78, 5) is 38.0. The molecule has 6 nitrogen and oxygen atoms in total. The molecule has 0 aromatic carbocycles. The number of rotatable bonds is 48. The summed E-state index contributed by atoms with van der Waals surface area (Å²) < 4.78 is 16.7. The second-order valence-electron chi connectivity index (χ2n) is 17.7. The summed E-state index contributed by atoms with van der Waals surface area (Å²) in [6, 6.07) is 0. The van der Waals surface area contributed by atoms with Crippen molar-refractivity contribution in [2.75, 3.05) is 13.2 Å². The highest BCUT2D eigenvalue weighted by Gasteiger charge is 2.19. The van der Waals surface area contributed by atoms with Gasteiger partial charge in [0.2, 0.25) is 0 Å². The van der Waals surface area contributed by atoms with E-state index in [2.05, 4.69) is 99.8 Å². The minimum atomic E-state index is -0.842. The maximum Gasteiger partial charge on any atom is 0.306 e. The van der Waals surface area contributed by atoms with Gasteiger partial charge in [-0.3, -0.25) is 14.4 Å². The molecule has 0 aliphatic carbocycles. The van der Waals surface area contributed by atoms with E-state index in [0.29, 0.717) is 19.3 Å². The predicted octanol–water partition coefficient (Wildman–Crippen LogP) is 18.1. The highest BCUT2D eigenvalue weighted by atomic mass is 16.6. The van der Waals surface area contributed by atoms with Gasteiger partial charge in [0.25, 0.3) is 0 Å². The van der Waals surface area contributed by atoms with Crippen LogP contribution in [-0.2, 0) is 28.6 Å². The van der Waals surface area contributed by atoms with Crippen LogP contribution in [0.1, 0.15) is 245 Å². The lowest BCUT2D eigenvalue weighted by Gasteiger charge is -2.18. The summed E-state index contributed by atoms with van der Waals surface area (Å²) >= 11 is 0. The van der Waals surface area contributed by atoms with Crippen LogP contribution in [0.3, 0.4) is 0 Å². The van der Waals surface area contributed by atoms with Crippen molar-refractivity contribution in [1.82, 2.24) is 0 Å². The fourth-order valence-corrected chi connectivity index (χ4v) is 7.24. The Morgan fingerprint density at radius 3 is 1.03 bits per heavy atom. The fourth-order valence-electron chi connectivity index (χ4n) is 7.24. The molecule has 0 spiro atoms. The van der Waals surface area contributed by atoms with Crippen LogP contribution in [0.4, 0.5) is 0 Å². The average molecular weight is 917 g/mol. The Morgan fingerprint density at radius 2 is 0.621 bits per heavy atom. The van der Waals surface area contributed by atoms with E-state index in [1.54, 1.807) is 0 Å². The topological polar surface area (TPSA) is 78.9 Å². The van der Waals surface area contributed by atoms with Crippen molar-refractivity contribution in [2.45, 2.75) is 252 Å². The van der Waals surface area contributed by atoms with Gasteiger partial charge in [-0.1, -0.05) is 227 Å². The van der Waals surface area contributed by atoms with Crippen molar-refractivity contribution >= 4 is 17.9 Å². The van der Waals surface area contributed by atoms with Gasteiger partial charge in [0.05, 0.1) is 0 Å². The summed E-state index contributed by atoms with van der Waals surface area (Å²) in [5, 5.41) is 0. The average Bonchev–Trinajstić information content (AvgIpc) is 3.31. The van der Waals surface area contributed by atoms with Gasteiger partial charge in [-0.15, -0.1) is 0 Å². The number of allylic oxidation sites excluding steroid dienone is 16. The molecule has 0 radical (unpaired) electrons. The number of carbonyl (C=O) groups is 3. The summed E-state index contributed by atoms with van der Waals surface area (Å²) in [6.07, 6.45) is 71.4.